The Morgan fingerprint density at radius 3 is 2.65 bits per heavy atom. The van der Waals surface area contributed by atoms with E-state index in [0.717, 1.165) is 24.3 Å². The molecule has 0 spiro atoms. The average Bonchev–Trinajstić information content (AvgIpc) is 3.30. The first-order chi connectivity index (χ1) is 12.5. The molecule has 0 aliphatic carbocycles. The summed E-state index contributed by atoms with van der Waals surface area (Å²) in [6.07, 6.45) is 2.53. The number of carbonyl (C=O) groups excluding carboxylic acids is 1. The number of likely N-dealkylation sites (N-methyl/N-ethyl adjacent to an activating group) is 1. The zero-order chi connectivity index (χ0) is 18.5. The van der Waals surface area contributed by atoms with Crippen LogP contribution in [0.25, 0.3) is 0 Å². The summed E-state index contributed by atoms with van der Waals surface area (Å²) in [7, 11) is 4.06. The van der Waals surface area contributed by atoms with Crippen molar-refractivity contribution in [3.63, 3.8) is 0 Å². The number of carbonyl (C=O) groups is 1. The van der Waals surface area contributed by atoms with E-state index in [0.29, 0.717) is 6.54 Å². The van der Waals surface area contributed by atoms with Gasteiger partial charge in [-0.2, -0.15) is 11.3 Å². The highest BCUT2D eigenvalue weighted by Gasteiger charge is 2.17. The summed E-state index contributed by atoms with van der Waals surface area (Å²) in [4.78, 5) is 16.9. The van der Waals surface area contributed by atoms with E-state index >= 15 is 0 Å². The van der Waals surface area contributed by atoms with Crippen LogP contribution in [0.3, 0.4) is 0 Å². The predicted molar refractivity (Wildman–Crippen MR) is 110 cm³/mol. The van der Waals surface area contributed by atoms with Crippen LogP contribution in [0.4, 0.5) is 16.2 Å². The van der Waals surface area contributed by atoms with Crippen LogP contribution in [0.2, 0.25) is 0 Å². The van der Waals surface area contributed by atoms with Crippen LogP contribution >= 0.6 is 11.3 Å². The summed E-state index contributed by atoms with van der Waals surface area (Å²) in [6, 6.07) is 8.38. The Bertz CT molecular complexity index is 723. The van der Waals surface area contributed by atoms with Gasteiger partial charge in [0.25, 0.3) is 0 Å². The van der Waals surface area contributed by atoms with Gasteiger partial charge in [-0.25, -0.2) is 4.79 Å². The molecule has 1 aliphatic rings. The minimum atomic E-state index is -0.163. The van der Waals surface area contributed by atoms with E-state index in [9.17, 15) is 4.79 Å². The maximum Gasteiger partial charge on any atom is 0.319 e. The Morgan fingerprint density at radius 1 is 1.27 bits per heavy atom. The number of hydrogen-bond donors (Lipinski definition) is 2. The summed E-state index contributed by atoms with van der Waals surface area (Å²) in [6.45, 7) is 4.87. The van der Waals surface area contributed by atoms with Gasteiger partial charge in [0.05, 0.1) is 6.04 Å². The van der Waals surface area contributed by atoms with E-state index in [1.54, 1.807) is 11.3 Å². The third-order valence-corrected chi connectivity index (χ3v) is 5.64. The van der Waals surface area contributed by atoms with E-state index in [1.807, 2.05) is 27.1 Å². The second kappa shape index (κ2) is 8.56. The van der Waals surface area contributed by atoms with Crippen molar-refractivity contribution in [2.75, 3.05) is 43.9 Å². The lowest BCUT2D eigenvalue weighted by Gasteiger charge is -2.24. The highest BCUT2D eigenvalue weighted by atomic mass is 32.1. The van der Waals surface area contributed by atoms with Gasteiger partial charge in [-0.3, -0.25) is 0 Å². The molecule has 0 bridgehead atoms. The quantitative estimate of drug-likeness (QED) is 0.803. The number of thiophene rings is 1. The van der Waals surface area contributed by atoms with Crippen molar-refractivity contribution in [2.24, 2.45) is 0 Å². The summed E-state index contributed by atoms with van der Waals surface area (Å²) >= 11 is 1.68. The van der Waals surface area contributed by atoms with Crippen molar-refractivity contribution >= 4 is 28.7 Å². The molecule has 140 valence electrons. The fraction of sp³-hybridized carbons (Fsp3) is 0.450. The minimum Gasteiger partial charge on any atom is -0.372 e. The number of aryl methyl sites for hydroxylation is 1. The molecule has 1 aromatic carbocycles. The fourth-order valence-corrected chi connectivity index (χ4v) is 4.09. The maximum atomic E-state index is 12.4. The molecule has 6 heteroatoms. The topological polar surface area (TPSA) is 47.6 Å². The minimum absolute atomic E-state index is 0.163. The highest BCUT2D eigenvalue weighted by molar-refractivity contribution is 7.07. The largest absolute Gasteiger partial charge is 0.372 e. The number of nitrogens with zero attached hydrogens (tertiary/aromatic N) is 2. The number of hydrogen-bond acceptors (Lipinski definition) is 4. The average molecular weight is 373 g/mol. The normalized spacial score (nSPS) is 15.3. The fourth-order valence-electron chi connectivity index (χ4n) is 3.38. The summed E-state index contributed by atoms with van der Waals surface area (Å²) in [5.41, 5.74) is 4.43. The number of urea groups is 1. The van der Waals surface area contributed by atoms with Gasteiger partial charge >= 0.3 is 6.03 Å². The van der Waals surface area contributed by atoms with E-state index in [2.05, 4.69) is 49.4 Å². The summed E-state index contributed by atoms with van der Waals surface area (Å²) in [5.74, 6) is 0. The van der Waals surface area contributed by atoms with Crippen molar-refractivity contribution in [1.29, 1.82) is 0 Å². The number of benzene rings is 1. The van der Waals surface area contributed by atoms with Crippen molar-refractivity contribution in [2.45, 2.75) is 25.8 Å². The molecule has 1 aliphatic heterocycles. The van der Waals surface area contributed by atoms with Crippen LogP contribution in [0.1, 0.15) is 30.0 Å². The molecular formula is C20H28N4OS. The maximum absolute atomic E-state index is 12.4. The number of amides is 2. The third kappa shape index (κ3) is 4.56. The molecule has 1 aromatic heterocycles. The Kier molecular flexibility index (Phi) is 6.16. The van der Waals surface area contributed by atoms with Crippen molar-refractivity contribution < 1.29 is 4.79 Å². The second-order valence-corrected chi connectivity index (χ2v) is 7.84. The molecule has 2 aromatic rings. The van der Waals surface area contributed by atoms with E-state index in [1.165, 1.54) is 24.1 Å². The SMILES string of the molecule is Cc1cc(N2CCCC2)ccc1NC(=O)NC[C@H](c1ccsc1)N(C)C. The molecule has 0 radical (unpaired) electrons. The van der Waals surface area contributed by atoms with Crippen LogP contribution in [0, 0.1) is 6.92 Å². The number of nitrogens with one attached hydrogen (secondary N) is 2. The molecule has 0 saturated carbocycles. The van der Waals surface area contributed by atoms with Crippen molar-refractivity contribution in [3.05, 3.63) is 46.2 Å². The molecule has 2 amide bonds. The summed E-state index contributed by atoms with van der Waals surface area (Å²) < 4.78 is 0. The van der Waals surface area contributed by atoms with Gasteiger partial charge < -0.3 is 20.4 Å². The zero-order valence-electron chi connectivity index (χ0n) is 15.8. The van der Waals surface area contributed by atoms with Gasteiger partial charge in [-0.05, 0) is 80.0 Å². The van der Waals surface area contributed by atoms with E-state index < -0.39 is 0 Å². The Balaban J connectivity index is 1.57. The van der Waals surface area contributed by atoms with Gasteiger partial charge in [0, 0.05) is 31.0 Å². The predicted octanol–water partition coefficient (Wildman–Crippen LogP) is 4.08. The van der Waals surface area contributed by atoms with Gasteiger partial charge in [-0.1, -0.05) is 0 Å². The molecule has 1 saturated heterocycles. The van der Waals surface area contributed by atoms with Gasteiger partial charge in [0.15, 0.2) is 0 Å². The Labute approximate surface area is 160 Å². The molecular weight excluding hydrogens is 344 g/mol. The lowest BCUT2D eigenvalue weighted by molar-refractivity contribution is 0.243. The van der Waals surface area contributed by atoms with Crippen molar-refractivity contribution in [1.82, 2.24) is 10.2 Å². The first kappa shape index (κ1) is 18.7. The Hall–Kier alpha value is -2.05. The number of anilines is 2. The van der Waals surface area contributed by atoms with Gasteiger partial charge in [0.2, 0.25) is 0 Å². The lowest BCUT2D eigenvalue weighted by atomic mass is 10.1. The molecule has 26 heavy (non-hydrogen) atoms. The lowest BCUT2D eigenvalue weighted by Crippen LogP contribution is -2.36. The van der Waals surface area contributed by atoms with E-state index in [-0.39, 0.29) is 12.1 Å². The van der Waals surface area contributed by atoms with Crippen LogP contribution < -0.4 is 15.5 Å². The van der Waals surface area contributed by atoms with Gasteiger partial charge in [-0.15, -0.1) is 0 Å². The molecule has 1 fully saturated rings. The zero-order valence-corrected chi connectivity index (χ0v) is 16.6. The highest BCUT2D eigenvalue weighted by Crippen LogP contribution is 2.25. The van der Waals surface area contributed by atoms with E-state index in [4.69, 9.17) is 0 Å². The molecule has 1 atom stereocenters. The number of rotatable bonds is 6. The molecule has 2 heterocycles. The second-order valence-electron chi connectivity index (χ2n) is 7.06. The molecule has 2 N–H and O–H groups in total. The third-order valence-electron chi connectivity index (χ3n) is 4.94. The van der Waals surface area contributed by atoms with Crippen LogP contribution in [0.15, 0.2) is 35.0 Å². The van der Waals surface area contributed by atoms with Crippen LogP contribution in [-0.2, 0) is 0 Å². The molecule has 5 nitrogen and oxygen atoms in total. The van der Waals surface area contributed by atoms with Crippen LogP contribution in [-0.4, -0.2) is 44.7 Å². The first-order valence-electron chi connectivity index (χ1n) is 9.13. The standard InChI is InChI=1S/C20H28N4OS/c1-15-12-17(24-9-4-5-10-24)6-7-18(15)22-20(25)21-13-19(23(2)3)16-8-11-26-14-16/h6-8,11-12,14,19H,4-5,9-10,13H2,1-3H3,(H2,21,22,25)/t19-/m1/s1. The Morgan fingerprint density at radius 2 is 2.04 bits per heavy atom. The molecule has 3 rings (SSSR count). The van der Waals surface area contributed by atoms with Crippen LogP contribution in [0.5, 0.6) is 0 Å². The van der Waals surface area contributed by atoms with Gasteiger partial charge in [0.1, 0.15) is 0 Å². The monoisotopic (exact) mass is 372 g/mol. The van der Waals surface area contributed by atoms with Crippen molar-refractivity contribution in [3.8, 4) is 0 Å². The smallest absolute Gasteiger partial charge is 0.319 e. The molecule has 0 unspecified atom stereocenters. The first-order valence-corrected chi connectivity index (χ1v) is 10.1. The summed E-state index contributed by atoms with van der Waals surface area (Å²) in [5, 5.41) is 10.2.